The van der Waals surface area contributed by atoms with Crippen LogP contribution in [0, 0.1) is 5.82 Å². The van der Waals surface area contributed by atoms with Crippen molar-refractivity contribution in [1.29, 1.82) is 0 Å². The lowest BCUT2D eigenvalue weighted by atomic mass is 10.1. The van der Waals surface area contributed by atoms with Gasteiger partial charge in [-0.1, -0.05) is 12.1 Å². The van der Waals surface area contributed by atoms with Gasteiger partial charge in [-0.05, 0) is 43.3 Å². The van der Waals surface area contributed by atoms with E-state index in [-0.39, 0.29) is 17.9 Å². The Balaban J connectivity index is 1.72. The Bertz CT molecular complexity index is 870. The Morgan fingerprint density at radius 1 is 1.19 bits per heavy atom. The molecule has 1 aliphatic heterocycles. The van der Waals surface area contributed by atoms with Crippen LogP contribution in [-0.2, 0) is 9.53 Å². The molecule has 1 fully saturated rings. The third-order valence-electron chi connectivity index (χ3n) is 4.02. The van der Waals surface area contributed by atoms with Gasteiger partial charge in [-0.2, -0.15) is 0 Å². The normalized spacial score (nSPS) is 14.4. The maximum Gasteiger partial charge on any atom is 0.341 e. The van der Waals surface area contributed by atoms with E-state index in [2.05, 4.69) is 10.6 Å². The summed E-state index contributed by atoms with van der Waals surface area (Å²) in [5.74, 6) is -1.66. The Kier molecular flexibility index (Phi) is 5.35. The first-order valence-corrected chi connectivity index (χ1v) is 8.37. The number of carbonyl (C=O) groups is 3. The monoisotopic (exact) mass is 371 g/mol. The number of rotatable bonds is 5. The molecule has 2 aromatic rings. The molecule has 8 heteroatoms. The van der Waals surface area contributed by atoms with Crippen molar-refractivity contribution in [2.24, 2.45) is 0 Å². The summed E-state index contributed by atoms with van der Waals surface area (Å²) in [6.07, 6.45) is -1.11. The highest BCUT2D eigenvalue weighted by Crippen LogP contribution is 2.22. The van der Waals surface area contributed by atoms with Gasteiger partial charge in [0.15, 0.2) is 6.10 Å². The summed E-state index contributed by atoms with van der Waals surface area (Å²) < 4.78 is 18.3. The number of urea groups is 1. The van der Waals surface area contributed by atoms with Crippen molar-refractivity contribution < 1.29 is 23.5 Å². The molecular formula is C19H18FN3O4. The van der Waals surface area contributed by atoms with Crippen LogP contribution in [0.15, 0.2) is 48.5 Å². The highest BCUT2D eigenvalue weighted by Gasteiger charge is 2.32. The minimum Gasteiger partial charge on any atom is -0.449 e. The molecule has 0 radical (unpaired) electrons. The summed E-state index contributed by atoms with van der Waals surface area (Å²) in [7, 11) is 0. The van der Waals surface area contributed by atoms with Gasteiger partial charge in [0, 0.05) is 18.8 Å². The molecule has 1 atom stereocenters. The Labute approximate surface area is 155 Å². The molecule has 1 heterocycles. The molecule has 27 heavy (non-hydrogen) atoms. The van der Waals surface area contributed by atoms with Gasteiger partial charge < -0.3 is 15.4 Å². The minimum absolute atomic E-state index is 0.215. The molecule has 7 nitrogen and oxygen atoms in total. The van der Waals surface area contributed by atoms with Crippen LogP contribution < -0.4 is 10.6 Å². The van der Waals surface area contributed by atoms with Crippen LogP contribution in [0.4, 0.5) is 20.6 Å². The van der Waals surface area contributed by atoms with E-state index in [1.54, 1.807) is 24.3 Å². The van der Waals surface area contributed by atoms with Gasteiger partial charge in [-0.25, -0.2) is 14.0 Å². The molecule has 0 unspecified atom stereocenters. The second-order valence-corrected chi connectivity index (χ2v) is 5.95. The SMILES string of the molecule is C[C@H](OC(=O)c1ccccc1Nc1ccc(F)cc1)C(=O)N1CCNC1=O. The number of halogens is 1. The molecule has 0 spiro atoms. The van der Waals surface area contributed by atoms with Crippen molar-refractivity contribution in [3.63, 3.8) is 0 Å². The molecular weight excluding hydrogens is 353 g/mol. The van der Waals surface area contributed by atoms with Crippen molar-refractivity contribution in [2.75, 3.05) is 18.4 Å². The molecule has 0 bridgehead atoms. The minimum atomic E-state index is -1.11. The zero-order valence-electron chi connectivity index (χ0n) is 14.6. The van der Waals surface area contributed by atoms with E-state index in [1.165, 1.54) is 31.2 Å². The van der Waals surface area contributed by atoms with Gasteiger partial charge in [-0.15, -0.1) is 0 Å². The number of hydrogen-bond acceptors (Lipinski definition) is 5. The average molecular weight is 371 g/mol. The van der Waals surface area contributed by atoms with Gasteiger partial charge in [0.05, 0.1) is 11.3 Å². The number of nitrogens with one attached hydrogen (secondary N) is 2. The number of carbonyl (C=O) groups excluding carboxylic acids is 3. The number of anilines is 2. The fourth-order valence-electron chi connectivity index (χ4n) is 2.63. The second-order valence-electron chi connectivity index (χ2n) is 5.95. The number of imide groups is 1. The summed E-state index contributed by atoms with van der Waals surface area (Å²) in [6, 6.07) is 11.8. The summed E-state index contributed by atoms with van der Waals surface area (Å²) >= 11 is 0. The molecule has 3 amide bonds. The van der Waals surface area contributed by atoms with Gasteiger partial charge in [0.25, 0.3) is 5.91 Å². The lowest BCUT2D eigenvalue weighted by molar-refractivity contribution is -0.136. The maximum absolute atomic E-state index is 13.0. The van der Waals surface area contributed by atoms with Crippen LogP contribution in [0.25, 0.3) is 0 Å². The van der Waals surface area contributed by atoms with Crippen LogP contribution in [0.3, 0.4) is 0 Å². The maximum atomic E-state index is 13.0. The largest absolute Gasteiger partial charge is 0.449 e. The first-order valence-electron chi connectivity index (χ1n) is 8.37. The van der Waals surface area contributed by atoms with Crippen LogP contribution >= 0.6 is 0 Å². The molecule has 0 saturated carbocycles. The molecule has 1 aliphatic rings. The predicted molar refractivity (Wildman–Crippen MR) is 96.1 cm³/mol. The number of nitrogens with zero attached hydrogens (tertiary/aromatic N) is 1. The number of hydrogen-bond donors (Lipinski definition) is 2. The number of benzene rings is 2. The summed E-state index contributed by atoms with van der Waals surface area (Å²) in [4.78, 5) is 37.4. The van der Waals surface area contributed by atoms with E-state index in [0.29, 0.717) is 17.9 Å². The molecule has 2 aromatic carbocycles. The quantitative estimate of drug-likeness (QED) is 0.789. The lowest BCUT2D eigenvalue weighted by Crippen LogP contribution is -2.41. The lowest BCUT2D eigenvalue weighted by Gasteiger charge is -2.19. The van der Waals surface area contributed by atoms with E-state index >= 15 is 0 Å². The topological polar surface area (TPSA) is 87.7 Å². The third kappa shape index (κ3) is 4.22. The zero-order chi connectivity index (χ0) is 19.4. The zero-order valence-corrected chi connectivity index (χ0v) is 14.6. The second kappa shape index (κ2) is 7.86. The molecule has 1 saturated heterocycles. The number of ether oxygens (including phenoxy) is 1. The summed E-state index contributed by atoms with van der Waals surface area (Å²) in [5, 5.41) is 5.54. The number of amides is 3. The van der Waals surface area contributed by atoms with Crippen molar-refractivity contribution in [3.8, 4) is 0 Å². The summed E-state index contributed by atoms with van der Waals surface area (Å²) in [5.41, 5.74) is 1.26. The van der Waals surface area contributed by atoms with Crippen molar-refractivity contribution in [2.45, 2.75) is 13.0 Å². The fourth-order valence-corrected chi connectivity index (χ4v) is 2.63. The predicted octanol–water partition coefficient (Wildman–Crippen LogP) is 2.67. The van der Waals surface area contributed by atoms with E-state index in [4.69, 9.17) is 4.74 Å². The Hall–Kier alpha value is -3.42. The van der Waals surface area contributed by atoms with E-state index < -0.39 is 24.0 Å². The standard InChI is InChI=1S/C19H18FN3O4/c1-12(17(24)23-11-10-21-19(23)26)27-18(25)15-4-2-3-5-16(15)22-14-8-6-13(20)7-9-14/h2-9,12,22H,10-11H2,1H3,(H,21,26)/t12-/m0/s1. The summed E-state index contributed by atoms with van der Waals surface area (Å²) in [6.45, 7) is 2.03. The van der Waals surface area contributed by atoms with E-state index in [9.17, 15) is 18.8 Å². The van der Waals surface area contributed by atoms with E-state index in [0.717, 1.165) is 4.90 Å². The smallest absolute Gasteiger partial charge is 0.341 e. The highest BCUT2D eigenvalue weighted by atomic mass is 19.1. The number of para-hydroxylation sites is 1. The van der Waals surface area contributed by atoms with Crippen LogP contribution in [-0.4, -0.2) is 42.0 Å². The van der Waals surface area contributed by atoms with Crippen LogP contribution in [0.2, 0.25) is 0 Å². The molecule has 0 aromatic heterocycles. The van der Waals surface area contributed by atoms with Gasteiger partial charge >= 0.3 is 12.0 Å². The molecule has 2 N–H and O–H groups in total. The third-order valence-corrected chi connectivity index (χ3v) is 4.02. The van der Waals surface area contributed by atoms with Crippen molar-refractivity contribution in [3.05, 3.63) is 59.9 Å². The Morgan fingerprint density at radius 3 is 2.56 bits per heavy atom. The van der Waals surface area contributed by atoms with Crippen molar-refractivity contribution >= 4 is 29.3 Å². The first-order chi connectivity index (χ1) is 13.0. The molecule has 0 aliphatic carbocycles. The number of esters is 1. The van der Waals surface area contributed by atoms with E-state index in [1.807, 2.05) is 0 Å². The van der Waals surface area contributed by atoms with Gasteiger partial charge in [0.2, 0.25) is 0 Å². The van der Waals surface area contributed by atoms with Crippen molar-refractivity contribution in [1.82, 2.24) is 10.2 Å². The van der Waals surface area contributed by atoms with Gasteiger partial charge in [-0.3, -0.25) is 9.69 Å². The molecule has 3 rings (SSSR count). The first kappa shape index (κ1) is 18.4. The van der Waals surface area contributed by atoms with Gasteiger partial charge in [0.1, 0.15) is 5.82 Å². The Morgan fingerprint density at radius 2 is 1.89 bits per heavy atom. The fraction of sp³-hybridized carbons (Fsp3) is 0.211. The molecule has 140 valence electrons. The van der Waals surface area contributed by atoms with Crippen LogP contribution in [0.1, 0.15) is 17.3 Å². The highest BCUT2D eigenvalue weighted by molar-refractivity contribution is 6.01. The average Bonchev–Trinajstić information content (AvgIpc) is 3.09. The van der Waals surface area contributed by atoms with Crippen LogP contribution in [0.5, 0.6) is 0 Å².